The van der Waals surface area contributed by atoms with E-state index in [-0.39, 0.29) is 0 Å². The fourth-order valence-electron chi connectivity index (χ4n) is 8.34. The van der Waals surface area contributed by atoms with Gasteiger partial charge < -0.3 is 14.0 Å². The zero-order valence-corrected chi connectivity index (χ0v) is 32.7. The van der Waals surface area contributed by atoms with Crippen LogP contribution in [0.2, 0.25) is 0 Å². The topological polar surface area (TPSA) is 26.0 Å². The van der Waals surface area contributed by atoms with Crippen molar-refractivity contribution < 1.29 is 0 Å². The molecule has 282 valence electrons. The van der Waals surface area contributed by atoms with E-state index in [1.807, 2.05) is 18.3 Å². The van der Waals surface area contributed by atoms with Crippen LogP contribution in [0.1, 0.15) is 18.5 Å². The minimum absolute atomic E-state index is 0.951. The first-order valence-corrected chi connectivity index (χ1v) is 20.2. The summed E-state index contributed by atoms with van der Waals surface area (Å²) in [6.45, 7) is 4.33. The molecule has 3 heterocycles. The molecule has 1 aliphatic rings. The largest absolute Gasteiger partial charge is 0.311 e. The predicted octanol–water partition coefficient (Wildman–Crippen LogP) is 14.6. The molecule has 10 rings (SSSR count). The zero-order chi connectivity index (χ0) is 39.5. The molecule has 3 aromatic heterocycles. The molecule has 1 aliphatic carbocycles. The maximum Gasteiger partial charge on any atom is 0.0702 e. The van der Waals surface area contributed by atoms with Crippen molar-refractivity contribution in [2.45, 2.75) is 12.8 Å². The SMILES string of the molecule is C=C/C(=C\C=C\c1cc2ccccc2n1-c1ccccc1)N(c1ccc(-c2ccc3ncccc3c2)cc1)c1ccc(-c2cc3ccccc3n2C2=CCCC=C2)cc1. The highest BCUT2D eigenvalue weighted by Crippen LogP contribution is 2.37. The lowest BCUT2D eigenvalue weighted by atomic mass is 10.0. The van der Waals surface area contributed by atoms with Gasteiger partial charge >= 0.3 is 0 Å². The van der Waals surface area contributed by atoms with Gasteiger partial charge in [-0.15, -0.1) is 0 Å². The molecular weight excluding hydrogens is 717 g/mol. The maximum absolute atomic E-state index is 4.52. The number of nitrogens with zero attached hydrogens (tertiary/aromatic N) is 4. The van der Waals surface area contributed by atoms with Crippen LogP contribution in [0.4, 0.5) is 11.4 Å². The van der Waals surface area contributed by atoms with Gasteiger partial charge in [-0.05, 0) is 133 Å². The Morgan fingerprint density at radius 2 is 1.25 bits per heavy atom. The molecule has 59 heavy (non-hydrogen) atoms. The maximum atomic E-state index is 4.52. The van der Waals surface area contributed by atoms with Crippen molar-refractivity contribution in [3.63, 3.8) is 0 Å². The van der Waals surface area contributed by atoms with E-state index < -0.39 is 0 Å². The minimum Gasteiger partial charge on any atom is -0.311 e. The van der Waals surface area contributed by atoms with Crippen molar-refractivity contribution in [3.8, 4) is 28.1 Å². The Morgan fingerprint density at radius 1 is 0.593 bits per heavy atom. The van der Waals surface area contributed by atoms with Gasteiger partial charge in [0.2, 0.25) is 0 Å². The van der Waals surface area contributed by atoms with Crippen LogP contribution in [0.15, 0.2) is 225 Å². The van der Waals surface area contributed by atoms with Gasteiger partial charge in [0.1, 0.15) is 0 Å². The summed E-state index contributed by atoms with van der Waals surface area (Å²) in [4.78, 5) is 6.80. The van der Waals surface area contributed by atoms with Gasteiger partial charge in [0.05, 0.1) is 22.2 Å². The van der Waals surface area contributed by atoms with Crippen molar-refractivity contribution >= 4 is 55.9 Å². The third kappa shape index (κ3) is 6.91. The van der Waals surface area contributed by atoms with Gasteiger partial charge in [-0.1, -0.05) is 116 Å². The average Bonchev–Trinajstić information content (AvgIpc) is 3.88. The Kier molecular flexibility index (Phi) is 9.49. The molecule has 0 N–H and O–H groups in total. The number of allylic oxidation sites excluding steroid dienone is 7. The van der Waals surface area contributed by atoms with Crippen molar-refractivity contribution in [3.05, 3.63) is 230 Å². The number of benzene rings is 6. The minimum atomic E-state index is 0.951. The van der Waals surface area contributed by atoms with Crippen LogP contribution in [-0.2, 0) is 0 Å². The number of rotatable bonds is 10. The molecule has 0 unspecified atom stereocenters. The van der Waals surface area contributed by atoms with E-state index >= 15 is 0 Å². The molecular formula is C55H42N4. The van der Waals surface area contributed by atoms with Crippen LogP contribution in [0.3, 0.4) is 0 Å². The molecule has 0 aliphatic heterocycles. The number of fused-ring (bicyclic) bond motifs is 3. The van der Waals surface area contributed by atoms with Crippen LogP contribution in [0.5, 0.6) is 0 Å². The Labute approximate surface area is 345 Å². The number of hydrogen-bond acceptors (Lipinski definition) is 2. The molecule has 4 heteroatoms. The second-order valence-electron chi connectivity index (χ2n) is 14.8. The molecule has 0 atom stereocenters. The molecule has 0 saturated heterocycles. The van der Waals surface area contributed by atoms with Crippen molar-refractivity contribution in [2.75, 3.05) is 4.90 Å². The normalized spacial score (nSPS) is 13.1. The fourth-order valence-corrected chi connectivity index (χ4v) is 8.34. The lowest BCUT2D eigenvalue weighted by molar-refractivity contribution is 1.01. The summed E-state index contributed by atoms with van der Waals surface area (Å²) in [7, 11) is 0. The fraction of sp³-hybridized carbons (Fsp3) is 0.0364. The van der Waals surface area contributed by atoms with E-state index in [4.69, 9.17) is 0 Å². The summed E-state index contributed by atoms with van der Waals surface area (Å²) in [5, 5.41) is 3.55. The lowest BCUT2D eigenvalue weighted by Crippen LogP contribution is -2.15. The van der Waals surface area contributed by atoms with Crippen LogP contribution >= 0.6 is 0 Å². The zero-order valence-electron chi connectivity index (χ0n) is 32.7. The first-order chi connectivity index (χ1) is 29.2. The van der Waals surface area contributed by atoms with E-state index in [0.717, 1.165) is 68.9 Å². The van der Waals surface area contributed by atoms with Gasteiger partial charge in [0.25, 0.3) is 0 Å². The smallest absolute Gasteiger partial charge is 0.0702 e. The van der Waals surface area contributed by atoms with Crippen LogP contribution in [0.25, 0.3) is 72.6 Å². The van der Waals surface area contributed by atoms with Crippen molar-refractivity contribution in [1.82, 2.24) is 14.1 Å². The first kappa shape index (κ1) is 35.7. The van der Waals surface area contributed by atoms with Crippen LogP contribution in [-0.4, -0.2) is 14.1 Å². The second kappa shape index (κ2) is 15.7. The lowest BCUT2D eigenvalue weighted by Gasteiger charge is -2.27. The Balaban J connectivity index is 1.05. The molecule has 0 amide bonds. The summed E-state index contributed by atoms with van der Waals surface area (Å²) in [5.41, 5.74) is 14.5. The summed E-state index contributed by atoms with van der Waals surface area (Å²) in [6.07, 6.45) is 19.2. The Hall–Kier alpha value is -7.69. The van der Waals surface area contributed by atoms with Gasteiger partial charge in [0.15, 0.2) is 0 Å². The second-order valence-corrected chi connectivity index (χ2v) is 14.8. The van der Waals surface area contributed by atoms with Crippen molar-refractivity contribution in [2.24, 2.45) is 0 Å². The standard InChI is InChI=1S/C55H42N4/c1-2-46(22-13-23-51-38-44-15-9-11-24-53(44)58(51)47-18-5-3-6-19-47)57(49-31-26-40(27-32-49)42-30-35-52-43(37-42)17-14-36-56-52)50-33-28-41(29-34-50)55-39-45-16-10-12-25-54(45)59(55)48-20-7-4-8-21-48/h2-3,5-7,9-39H,1,4,8H2/b23-13+,46-22+. The monoisotopic (exact) mass is 758 g/mol. The molecule has 4 nitrogen and oxygen atoms in total. The predicted molar refractivity (Wildman–Crippen MR) is 250 cm³/mol. The molecule has 9 aromatic rings. The van der Waals surface area contributed by atoms with Gasteiger partial charge in [-0.3, -0.25) is 4.98 Å². The van der Waals surface area contributed by atoms with E-state index in [9.17, 15) is 0 Å². The number of aromatic nitrogens is 3. The number of anilines is 2. The molecule has 0 saturated carbocycles. The Morgan fingerprint density at radius 3 is 1.98 bits per heavy atom. The summed E-state index contributed by atoms with van der Waals surface area (Å²) < 4.78 is 4.71. The van der Waals surface area contributed by atoms with E-state index in [1.54, 1.807) is 0 Å². The molecule has 0 bridgehead atoms. The third-order valence-corrected chi connectivity index (χ3v) is 11.2. The number of hydrogen-bond donors (Lipinski definition) is 0. The highest BCUT2D eigenvalue weighted by atomic mass is 15.1. The number of para-hydroxylation sites is 3. The highest BCUT2D eigenvalue weighted by molar-refractivity contribution is 5.93. The molecule has 0 fully saturated rings. The quantitative estimate of drug-likeness (QED) is 0.130. The van der Waals surface area contributed by atoms with Crippen LogP contribution in [0, 0.1) is 0 Å². The highest BCUT2D eigenvalue weighted by Gasteiger charge is 2.17. The van der Waals surface area contributed by atoms with E-state index in [2.05, 4.69) is 226 Å². The molecule has 0 radical (unpaired) electrons. The average molecular weight is 759 g/mol. The van der Waals surface area contributed by atoms with Gasteiger partial charge in [0, 0.05) is 56.5 Å². The molecule has 6 aromatic carbocycles. The number of pyridine rings is 1. The van der Waals surface area contributed by atoms with Gasteiger partial charge in [-0.25, -0.2) is 0 Å². The van der Waals surface area contributed by atoms with Gasteiger partial charge in [-0.2, -0.15) is 0 Å². The van der Waals surface area contributed by atoms with E-state index in [0.29, 0.717) is 0 Å². The first-order valence-electron chi connectivity index (χ1n) is 20.2. The Bertz CT molecular complexity index is 3100. The van der Waals surface area contributed by atoms with Crippen molar-refractivity contribution in [1.29, 1.82) is 0 Å². The molecule has 0 spiro atoms. The summed E-state index contributed by atoms with van der Waals surface area (Å²) in [6, 6.07) is 60.6. The third-order valence-electron chi connectivity index (χ3n) is 11.2. The summed E-state index contributed by atoms with van der Waals surface area (Å²) in [5.74, 6) is 0. The summed E-state index contributed by atoms with van der Waals surface area (Å²) >= 11 is 0. The van der Waals surface area contributed by atoms with E-state index in [1.165, 1.54) is 33.2 Å². The van der Waals surface area contributed by atoms with Crippen LogP contribution < -0.4 is 4.90 Å².